The van der Waals surface area contributed by atoms with Crippen molar-refractivity contribution in [1.82, 2.24) is 20.4 Å². The molecule has 2 aromatic rings. The first-order valence-electron chi connectivity index (χ1n) is 7.54. The van der Waals surface area contributed by atoms with Crippen LogP contribution in [0.25, 0.3) is 11.4 Å². The average Bonchev–Trinajstić information content (AvgIpc) is 3.04. The van der Waals surface area contributed by atoms with Crippen molar-refractivity contribution >= 4 is 24.8 Å². The summed E-state index contributed by atoms with van der Waals surface area (Å²) in [6.45, 7) is 1.38. The van der Waals surface area contributed by atoms with Gasteiger partial charge in [0, 0.05) is 31.7 Å². The van der Waals surface area contributed by atoms with E-state index < -0.39 is 6.61 Å². The van der Waals surface area contributed by atoms with Crippen LogP contribution >= 0.6 is 24.8 Å². The number of rotatable bonds is 6. The number of benzene rings is 1. The van der Waals surface area contributed by atoms with Gasteiger partial charge in [-0.05, 0) is 18.2 Å². The van der Waals surface area contributed by atoms with Crippen LogP contribution in [0.2, 0.25) is 0 Å². The normalized spacial score (nSPS) is 14.5. The van der Waals surface area contributed by atoms with Crippen molar-refractivity contribution in [3.05, 3.63) is 24.1 Å². The monoisotopic (exact) mass is 412 g/mol. The molecule has 1 aromatic carbocycles. The van der Waals surface area contributed by atoms with Gasteiger partial charge in [-0.1, -0.05) is 5.16 Å². The van der Waals surface area contributed by atoms with E-state index in [1.807, 2.05) is 0 Å². The Hall–Kier alpha value is -1.68. The minimum absolute atomic E-state index is 0. The van der Waals surface area contributed by atoms with E-state index in [0.717, 1.165) is 26.2 Å². The minimum Gasteiger partial charge on any atom is -0.493 e. The van der Waals surface area contributed by atoms with Crippen LogP contribution in [0.3, 0.4) is 0 Å². The Balaban J connectivity index is 0.00000169. The van der Waals surface area contributed by atoms with E-state index in [9.17, 15) is 8.78 Å². The molecule has 1 saturated heterocycles. The Morgan fingerprint density at radius 2 is 1.96 bits per heavy atom. The summed E-state index contributed by atoms with van der Waals surface area (Å²) < 4.78 is 39.5. The molecule has 1 fully saturated rings. The van der Waals surface area contributed by atoms with Gasteiger partial charge in [-0.3, -0.25) is 4.90 Å². The predicted octanol–water partition coefficient (Wildman–Crippen LogP) is 2.60. The van der Waals surface area contributed by atoms with E-state index in [1.165, 1.54) is 19.2 Å². The molecule has 1 aliphatic heterocycles. The third-order valence-electron chi connectivity index (χ3n) is 3.67. The van der Waals surface area contributed by atoms with Gasteiger partial charge in [0.1, 0.15) is 0 Å². The Labute approximate surface area is 161 Å². The lowest BCUT2D eigenvalue weighted by molar-refractivity contribution is -0.0512. The molecule has 0 saturated carbocycles. The van der Waals surface area contributed by atoms with Gasteiger partial charge in [0.15, 0.2) is 11.5 Å². The third kappa shape index (κ3) is 5.66. The highest BCUT2D eigenvalue weighted by Gasteiger charge is 2.17. The second-order valence-electron chi connectivity index (χ2n) is 5.28. The summed E-state index contributed by atoms with van der Waals surface area (Å²) in [6, 6.07) is 4.52. The zero-order chi connectivity index (χ0) is 16.9. The van der Waals surface area contributed by atoms with Gasteiger partial charge < -0.3 is 19.3 Å². The molecule has 0 unspecified atom stereocenters. The molecule has 0 bridgehead atoms. The number of nitrogens with one attached hydrogen (secondary N) is 1. The lowest BCUT2D eigenvalue weighted by Gasteiger charge is -2.25. The number of hydrogen-bond donors (Lipinski definition) is 1. The number of nitrogens with zero attached hydrogens (tertiary/aromatic N) is 3. The molecular weight excluding hydrogens is 393 g/mol. The van der Waals surface area contributed by atoms with Gasteiger partial charge in [0.05, 0.1) is 13.7 Å². The summed E-state index contributed by atoms with van der Waals surface area (Å²) in [7, 11) is 1.38. The van der Waals surface area contributed by atoms with Crippen molar-refractivity contribution in [3.63, 3.8) is 0 Å². The van der Waals surface area contributed by atoms with Crippen molar-refractivity contribution in [1.29, 1.82) is 0 Å². The van der Waals surface area contributed by atoms with Crippen LogP contribution in [0.5, 0.6) is 11.5 Å². The Kier molecular flexibility index (Phi) is 9.00. The lowest BCUT2D eigenvalue weighted by atomic mass is 10.2. The summed E-state index contributed by atoms with van der Waals surface area (Å²) in [4.78, 5) is 6.57. The maximum Gasteiger partial charge on any atom is 0.387 e. The lowest BCUT2D eigenvalue weighted by Crippen LogP contribution is -2.42. The van der Waals surface area contributed by atoms with E-state index in [1.54, 1.807) is 6.07 Å². The molecule has 1 aliphatic rings. The highest BCUT2D eigenvalue weighted by molar-refractivity contribution is 5.85. The zero-order valence-electron chi connectivity index (χ0n) is 14.0. The van der Waals surface area contributed by atoms with Crippen LogP contribution in [-0.2, 0) is 6.54 Å². The van der Waals surface area contributed by atoms with E-state index in [4.69, 9.17) is 9.26 Å². The van der Waals surface area contributed by atoms with Gasteiger partial charge in [-0.25, -0.2) is 0 Å². The first kappa shape index (κ1) is 22.4. The van der Waals surface area contributed by atoms with Gasteiger partial charge in [-0.15, -0.1) is 24.8 Å². The van der Waals surface area contributed by atoms with Crippen molar-refractivity contribution < 1.29 is 22.8 Å². The summed E-state index contributed by atoms with van der Waals surface area (Å²) >= 11 is 0. The fourth-order valence-electron chi connectivity index (χ4n) is 2.50. The highest BCUT2D eigenvalue weighted by atomic mass is 35.5. The molecule has 26 heavy (non-hydrogen) atoms. The molecule has 0 amide bonds. The number of aromatic nitrogens is 2. The molecule has 146 valence electrons. The first-order valence-corrected chi connectivity index (χ1v) is 7.54. The van der Waals surface area contributed by atoms with Crippen LogP contribution in [0.15, 0.2) is 22.7 Å². The number of halogens is 4. The molecule has 0 radical (unpaired) electrons. The summed E-state index contributed by atoms with van der Waals surface area (Å²) in [5.74, 6) is 1.03. The van der Waals surface area contributed by atoms with Crippen LogP contribution in [-0.4, -0.2) is 54.9 Å². The van der Waals surface area contributed by atoms with Crippen LogP contribution < -0.4 is 14.8 Å². The van der Waals surface area contributed by atoms with Gasteiger partial charge >= 0.3 is 6.61 Å². The number of piperazine rings is 1. The highest BCUT2D eigenvalue weighted by Crippen LogP contribution is 2.32. The standard InChI is InChI=1S/C15H18F2N4O3.2ClH/c1-22-12-8-10(2-3-11(12)23-15(16)17)14-19-13(24-20-14)9-21-6-4-18-5-7-21;;/h2-3,8,15,18H,4-7,9H2,1H3;2*1H. The zero-order valence-corrected chi connectivity index (χ0v) is 15.6. The smallest absolute Gasteiger partial charge is 0.387 e. The van der Waals surface area contributed by atoms with E-state index in [0.29, 0.717) is 23.8 Å². The Bertz CT molecular complexity index is 685. The van der Waals surface area contributed by atoms with E-state index >= 15 is 0 Å². The van der Waals surface area contributed by atoms with E-state index in [-0.39, 0.29) is 36.3 Å². The molecule has 11 heteroatoms. The minimum atomic E-state index is -2.92. The largest absolute Gasteiger partial charge is 0.493 e. The molecule has 0 atom stereocenters. The maximum absolute atomic E-state index is 12.4. The Morgan fingerprint density at radius 1 is 1.23 bits per heavy atom. The van der Waals surface area contributed by atoms with Gasteiger partial charge in [-0.2, -0.15) is 13.8 Å². The van der Waals surface area contributed by atoms with Crippen molar-refractivity contribution in [2.45, 2.75) is 13.2 Å². The van der Waals surface area contributed by atoms with Crippen LogP contribution in [0, 0.1) is 0 Å². The molecule has 1 N–H and O–H groups in total. The Morgan fingerprint density at radius 3 is 2.62 bits per heavy atom. The third-order valence-corrected chi connectivity index (χ3v) is 3.67. The molecule has 7 nitrogen and oxygen atoms in total. The SMILES string of the molecule is COc1cc(-c2noc(CN3CCNCC3)n2)ccc1OC(F)F.Cl.Cl. The molecule has 0 aliphatic carbocycles. The molecule has 1 aromatic heterocycles. The second kappa shape index (κ2) is 10.5. The number of ether oxygens (including phenoxy) is 2. The number of hydrogen-bond acceptors (Lipinski definition) is 7. The number of methoxy groups -OCH3 is 1. The van der Waals surface area contributed by atoms with Crippen molar-refractivity contribution in [2.24, 2.45) is 0 Å². The topological polar surface area (TPSA) is 72.7 Å². The summed E-state index contributed by atoms with van der Waals surface area (Å²) in [5.41, 5.74) is 0.601. The quantitative estimate of drug-likeness (QED) is 0.781. The van der Waals surface area contributed by atoms with Crippen molar-refractivity contribution in [2.75, 3.05) is 33.3 Å². The van der Waals surface area contributed by atoms with Gasteiger partial charge in [0.25, 0.3) is 0 Å². The molecular formula is C15H20Cl2F2N4O3. The van der Waals surface area contributed by atoms with E-state index in [2.05, 4.69) is 25.1 Å². The van der Waals surface area contributed by atoms with Crippen LogP contribution in [0.1, 0.15) is 5.89 Å². The molecule has 2 heterocycles. The fraction of sp³-hybridized carbons (Fsp3) is 0.467. The number of alkyl halides is 2. The fourth-order valence-corrected chi connectivity index (χ4v) is 2.50. The van der Waals surface area contributed by atoms with Crippen LogP contribution in [0.4, 0.5) is 8.78 Å². The molecule has 3 rings (SSSR count). The maximum atomic E-state index is 12.4. The predicted molar refractivity (Wildman–Crippen MR) is 95.6 cm³/mol. The van der Waals surface area contributed by atoms with Gasteiger partial charge in [0.2, 0.25) is 11.7 Å². The molecule has 0 spiro atoms. The van der Waals surface area contributed by atoms with Crippen molar-refractivity contribution in [3.8, 4) is 22.9 Å². The second-order valence-corrected chi connectivity index (χ2v) is 5.28. The summed E-state index contributed by atoms with van der Waals surface area (Å²) in [5, 5.41) is 7.22. The summed E-state index contributed by atoms with van der Waals surface area (Å²) in [6.07, 6.45) is 0. The average molecular weight is 413 g/mol. The first-order chi connectivity index (χ1) is 11.7.